The topological polar surface area (TPSA) is 25.6 Å². The highest BCUT2D eigenvalue weighted by atomic mass is 32.2. The fourth-order valence-electron chi connectivity index (χ4n) is 3.42. The summed E-state index contributed by atoms with van der Waals surface area (Å²) < 4.78 is 13.4. The van der Waals surface area contributed by atoms with Crippen molar-refractivity contribution in [1.82, 2.24) is 0 Å². The molecule has 0 atom stereocenters. The third-order valence-electron chi connectivity index (χ3n) is 4.83. The maximum atomic E-state index is 5.64. The molecule has 0 aliphatic carbocycles. The van der Waals surface area contributed by atoms with Gasteiger partial charge in [-0.15, -0.1) is 0 Å². The molecule has 0 saturated carbocycles. The highest BCUT2D eigenvalue weighted by Crippen LogP contribution is 2.47. The SMILES string of the molecule is CCOc1ccc2c(c1)S/C(=C\c1ccc3cccc(OC)c3[n+]1C)N2C. The molecule has 0 N–H and O–H groups in total. The minimum absolute atomic E-state index is 0.677. The molecule has 4 nitrogen and oxygen atoms in total. The number of hydrogen-bond acceptors (Lipinski definition) is 4. The molecule has 0 amide bonds. The number of methoxy groups -OCH3 is 1. The van der Waals surface area contributed by atoms with Crippen LogP contribution in [0.25, 0.3) is 17.0 Å². The molecule has 3 aromatic rings. The predicted octanol–water partition coefficient (Wildman–Crippen LogP) is 4.61. The standard InChI is InChI=1S/C22H23N2O2S/c1-5-26-17-11-12-18-20(14-17)27-21(24(18)3)13-16-10-9-15-7-6-8-19(25-4)22(15)23(16)2/h6-14H,5H2,1-4H3/q+1. The van der Waals surface area contributed by atoms with Gasteiger partial charge < -0.3 is 14.4 Å². The zero-order valence-electron chi connectivity index (χ0n) is 16.0. The number of anilines is 1. The first-order valence-electron chi connectivity index (χ1n) is 8.98. The van der Waals surface area contributed by atoms with Crippen LogP contribution >= 0.6 is 11.8 Å². The summed E-state index contributed by atoms with van der Waals surface area (Å²) in [7, 11) is 5.90. The summed E-state index contributed by atoms with van der Waals surface area (Å²) in [5, 5.41) is 2.35. The fourth-order valence-corrected chi connectivity index (χ4v) is 4.55. The first kappa shape index (κ1) is 17.7. The number of hydrogen-bond donors (Lipinski definition) is 0. The van der Waals surface area contributed by atoms with Crippen LogP contribution in [0.4, 0.5) is 5.69 Å². The number of nitrogens with zero attached hydrogens (tertiary/aromatic N) is 2. The monoisotopic (exact) mass is 379 g/mol. The van der Waals surface area contributed by atoms with E-state index in [0.29, 0.717) is 6.61 Å². The third-order valence-corrected chi connectivity index (χ3v) is 5.97. The summed E-state index contributed by atoms with van der Waals surface area (Å²) >= 11 is 1.77. The Morgan fingerprint density at radius 1 is 1.15 bits per heavy atom. The maximum absolute atomic E-state index is 5.64. The molecule has 5 heteroatoms. The fraction of sp³-hybridized carbons (Fsp3) is 0.227. The van der Waals surface area contributed by atoms with Crippen molar-refractivity contribution in [2.75, 3.05) is 25.7 Å². The zero-order chi connectivity index (χ0) is 19.0. The molecule has 27 heavy (non-hydrogen) atoms. The van der Waals surface area contributed by atoms with Crippen molar-refractivity contribution in [3.8, 4) is 11.5 Å². The Morgan fingerprint density at radius 3 is 2.78 bits per heavy atom. The van der Waals surface area contributed by atoms with Crippen LogP contribution in [0, 0.1) is 0 Å². The molecule has 2 heterocycles. The molecule has 1 aliphatic heterocycles. The normalized spacial score (nSPS) is 14.7. The largest absolute Gasteiger partial charge is 0.494 e. The van der Waals surface area contributed by atoms with Gasteiger partial charge in [0.05, 0.1) is 29.8 Å². The van der Waals surface area contributed by atoms with E-state index in [1.54, 1.807) is 18.9 Å². The zero-order valence-corrected chi connectivity index (χ0v) is 16.8. The van der Waals surface area contributed by atoms with Gasteiger partial charge in [0.1, 0.15) is 12.8 Å². The Balaban J connectivity index is 1.75. The van der Waals surface area contributed by atoms with Crippen LogP contribution in [-0.2, 0) is 7.05 Å². The average Bonchev–Trinajstić information content (AvgIpc) is 2.99. The highest BCUT2D eigenvalue weighted by molar-refractivity contribution is 8.03. The Kier molecular flexibility index (Phi) is 4.70. The molecule has 2 aromatic carbocycles. The van der Waals surface area contributed by atoms with Crippen molar-refractivity contribution in [3.63, 3.8) is 0 Å². The molecular weight excluding hydrogens is 356 g/mol. The second kappa shape index (κ2) is 7.16. The lowest BCUT2D eigenvalue weighted by atomic mass is 10.1. The lowest BCUT2D eigenvalue weighted by molar-refractivity contribution is -0.646. The number of ether oxygens (including phenoxy) is 2. The molecule has 0 unspecified atom stereocenters. The summed E-state index contributed by atoms with van der Waals surface area (Å²) in [5.41, 5.74) is 3.42. The van der Waals surface area contributed by atoms with Gasteiger partial charge in [-0.3, -0.25) is 0 Å². The van der Waals surface area contributed by atoms with Crippen molar-refractivity contribution in [3.05, 3.63) is 59.3 Å². The molecular formula is C22H23N2O2S+. The van der Waals surface area contributed by atoms with Gasteiger partial charge in [0, 0.05) is 24.1 Å². The number of fused-ring (bicyclic) bond motifs is 2. The number of pyridine rings is 1. The molecule has 0 spiro atoms. The van der Waals surface area contributed by atoms with E-state index in [9.17, 15) is 0 Å². The highest BCUT2D eigenvalue weighted by Gasteiger charge is 2.24. The number of para-hydroxylation sites is 1. The predicted molar refractivity (Wildman–Crippen MR) is 112 cm³/mol. The second-order valence-corrected chi connectivity index (χ2v) is 7.48. The third kappa shape index (κ3) is 3.12. The van der Waals surface area contributed by atoms with Crippen molar-refractivity contribution < 1.29 is 14.0 Å². The van der Waals surface area contributed by atoms with Crippen LogP contribution in [0.1, 0.15) is 12.6 Å². The van der Waals surface area contributed by atoms with E-state index < -0.39 is 0 Å². The van der Waals surface area contributed by atoms with Crippen LogP contribution in [0.3, 0.4) is 0 Å². The van der Waals surface area contributed by atoms with Crippen LogP contribution < -0.4 is 18.9 Å². The number of aryl methyl sites for hydroxylation is 1. The molecule has 1 aliphatic rings. The Bertz CT molecular complexity index is 1050. The van der Waals surface area contributed by atoms with Gasteiger partial charge in [-0.25, -0.2) is 0 Å². The lowest BCUT2D eigenvalue weighted by Crippen LogP contribution is -2.33. The summed E-state index contributed by atoms with van der Waals surface area (Å²) in [5.74, 6) is 1.80. The van der Waals surface area contributed by atoms with Crippen molar-refractivity contribution in [1.29, 1.82) is 0 Å². The number of thioether (sulfide) groups is 1. The molecule has 0 bridgehead atoms. The molecule has 0 fully saturated rings. The van der Waals surface area contributed by atoms with E-state index >= 15 is 0 Å². The van der Waals surface area contributed by atoms with Crippen molar-refractivity contribution in [2.45, 2.75) is 11.8 Å². The van der Waals surface area contributed by atoms with Gasteiger partial charge in [-0.2, -0.15) is 4.57 Å². The van der Waals surface area contributed by atoms with Gasteiger partial charge in [0.25, 0.3) is 5.52 Å². The van der Waals surface area contributed by atoms with E-state index in [0.717, 1.165) is 28.1 Å². The smallest absolute Gasteiger partial charge is 0.255 e. The van der Waals surface area contributed by atoms with Crippen LogP contribution in [-0.4, -0.2) is 20.8 Å². The summed E-state index contributed by atoms with van der Waals surface area (Å²) in [6, 6.07) is 16.7. The molecule has 4 rings (SSSR count). The van der Waals surface area contributed by atoms with Crippen molar-refractivity contribution >= 4 is 34.4 Å². The minimum atomic E-state index is 0.677. The summed E-state index contributed by atoms with van der Waals surface area (Å²) in [6.07, 6.45) is 2.22. The number of rotatable bonds is 4. The van der Waals surface area contributed by atoms with E-state index in [2.05, 4.69) is 60.0 Å². The van der Waals surface area contributed by atoms with Gasteiger partial charge in [-0.05, 0) is 43.3 Å². The quantitative estimate of drug-likeness (QED) is 0.618. The Hall–Kier alpha value is -2.66. The van der Waals surface area contributed by atoms with E-state index in [4.69, 9.17) is 9.47 Å². The molecule has 0 saturated heterocycles. The van der Waals surface area contributed by atoms with E-state index in [1.165, 1.54) is 15.6 Å². The van der Waals surface area contributed by atoms with Gasteiger partial charge in [0.15, 0.2) is 5.75 Å². The summed E-state index contributed by atoms with van der Waals surface area (Å²) in [4.78, 5) is 3.44. The number of aromatic nitrogens is 1. The first-order chi connectivity index (χ1) is 13.1. The van der Waals surface area contributed by atoms with Gasteiger partial charge >= 0.3 is 0 Å². The maximum Gasteiger partial charge on any atom is 0.255 e. The Labute approximate surface area is 164 Å². The van der Waals surface area contributed by atoms with Gasteiger partial charge in [-0.1, -0.05) is 17.8 Å². The van der Waals surface area contributed by atoms with Crippen LogP contribution in [0.2, 0.25) is 0 Å². The lowest BCUT2D eigenvalue weighted by Gasteiger charge is -2.13. The second-order valence-electron chi connectivity index (χ2n) is 6.42. The van der Waals surface area contributed by atoms with Crippen LogP contribution in [0.15, 0.2) is 58.5 Å². The molecule has 0 radical (unpaired) electrons. The van der Waals surface area contributed by atoms with Crippen molar-refractivity contribution in [2.24, 2.45) is 7.05 Å². The minimum Gasteiger partial charge on any atom is -0.494 e. The van der Waals surface area contributed by atoms with Gasteiger partial charge in [0.2, 0.25) is 5.69 Å². The van der Waals surface area contributed by atoms with E-state index in [1.807, 2.05) is 25.1 Å². The summed E-state index contributed by atoms with van der Waals surface area (Å²) in [6.45, 7) is 2.68. The molecule has 1 aromatic heterocycles. The average molecular weight is 380 g/mol. The van der Waals surface area contributed by atoms with Crippen LogP contribution in [0.5, 0.6) is 11.5 Å². The number of benzene rings is 2. The van der Waals surface area contributed by atoms with E-state index in [-0.39, 0.29) is 0 Å². The Morgan fingerprint density at radius 2 is 2.00 bits per heavy atom. The first-order valence-corrected chi connectivity index (χ1v) is 9.80. The molecule has 138 valence electrons.